The summed E-state index contributed by atoms with van der Waals surface area (Å²) in [7, 11) is 3.90. The van der Waals surface area contributed by atoms with Crippen LogP contribution < -0.4 is 11.0 Å². The van der Waals surface area contributed by atoms with E-state index < -0.39 is 5.69 Å². The van der Waals surface area contributed by atoms with Crippen molar-refractivity contribution in [1.82, 2.24) is 14.9 Å². The van der Waals surface area contributed by atoms with E-state index in [1.54, 1.807) is 0 Å². The quantitative estimate of drug-likeness (QED) is 0.702. The molecule has 80 valence electrons. The first-order valence-corrected chi connectivity index (χ1v) is 4.52. The summed E-state index contributed by atoms with van der Waals surface area (Å²) >= 11 is 0. The third-order valence-electron chi connectivity index (χ3n) is 1.73. The molecule has 0 atom stereocenters. The van der Waals surface area contributed by atoms with Crippen molar-refractivity contribution in [3.05, 3.63) is 22.2 Å². The Morgan fingerprint density at radius 1 is 1.67 bits per heavy atom. The minimum atomic E-state index is -0.513. The second-order valence-electron chi connectivity index (χ2n) is 3.33. The van der Waals surface area contributed by atoms with Crippen LogP contribution in [0, 0.1) is 11.3 Å². The van der Waals surface area contributed by atoms with Crippen LogP contribution in [-0.4, -0.2) is 42.1 Å². The molecule has 0 aliphatic rings. The van der Waals surface area contributed by atoms with Gasteiger partial charge in [-0.25, -0.2) is 4.79 Å². The summed E-state index contributed by atoms with van der Waals surface area (Å²) in [5, 5.41) is 11.6. The third-order valence-corrected chi connectivity index (χ3v) is 1.73. The monoisotopic (exact) mass is 207 g/mol. The van der Waals surface area contributed by atoms with E-state index in [-0.39, 0.29) is 5.69 Å². The average molecular weight is 207 g/mol. The van der Waals surface area contributed by atoms with E-state index in [0.717, 1.165) is 6.54 Å². The minimum Gasteiger partial charge on any atom is -0.369 e. The van der Waals surface area contributed by atoms with Gasteiger partial charge in [0, 0.05) is 19.2 Å². The Balaban J connectivity index is 2.66. The number of nitrogens with zero attached hydrogens (tertiary/aromatic N) is 3. The largest absolute Gasteiger partial charge is 0.369 e. The maximum Gasteiger partial charge on any atom is 0.347 e. The number of rotatable bonds is 4. The molecule has 0 fully saturated rings. The highest BCUT2D eigenvalue weighted by atomic mass is 16.1. The third kappa shape index (κ3) is 3.79. The van der Waals surface area contributed by atoms with E-state index in [1.165, 1.54) is 6.07 Å². The molecule has 1 aromatic heterocycles. The zero-order chi connectivity index (χ0) is 11.3. The molecule has 0 saturated carbocycles. The lowest BCUT2D eigenvalue weighted by Crippen LogP contribution is -2.22. The number of anilines is 1. The van der Waals surface area contributed by atoms with Gasteiger partial charge < -0.3 is 10.2 Å². The standard InChI is InChI=1S/C9H13N5O/c1-14(2)4-3-11-8-5-7(6-10)12-9(15)13-8/h5H,3-4H2,1-2H3,(H2,11,12,13,15). The summed E-state index contributed by atoms with van der Waals surface area (Å²) in [5.74, 6) is 0.428. The fourth-order valence-electron chi connectivity index (χ4n) is 1.02. The van der Waals surface area contributed by atoms with Gasteiger partial charge in [0.05, 0.1) is 0 Å². The van der Waals surface area contributed by atoms with Gasteiger partial charge in [0.25, 0.3) is 0 Å². The molecule has 0 unspecified atom stereocenters. The Bertz CT molecular complexity index is 417. The van der Waals surface area contributed by atoms with Gasteiger partial charge in [0.1, 0.15) is 17.6 Å². The molecule has 0 radical (unpaired) electrons. The van der Waals surface area contributed by atoms with Crippen LogP contribution in [0.5, 0.6) is 0 Å². The maximum atomic E-state index is 11.0. The van der Waals surface area contributed by atoms with E-state index in [2.05, 4.69) is 15.3 Å². The highest BCUT2D eigenvalue weighted by Crippen LogP contribution is 1.99. The molecule has 0 aromatic carbocycles. The Morgan fingerprint density at radius 3 is 3.00 bits per heavy atom. The predicted molar refractivity (Wildman–Crippen MR) is 56.6 cm³/mol. The van der Waals surface area contributed by atoms with Gasteiger partial charge in [0.15, 0.2) is 0 Å². The normalized spacial score (nSPS) is 10.0. The number of aromatic amines is 1. The summed E-state index contributed by atoms with van der Waals surface area (Å²) in [4.78, 5) is 19.0. The first-order chi connectivity index (χ1) is 7.11. The number of H-pyrrole nitrogens is 1. The highest BCUT2D eigenvalue weighted by molar-refractivity contribution is 5.38. The molecular weight excluding hydrogens is 194 g/mol. The summed E-state index contributed by atoms with van der Waals surface area (Å²) in [5.41, 5.74) is -0.302. The molecule has 1 heterocycles. The molecule has 2 N–H and O–H groups in total. The zero-order valence-electron chi connectivity index (χ0n) is 8.74. The predicted octanol–water partition coefficient (Wildman–Crippen LogP) is -0.385. The highest BCUT2D eigenvalue weighted by Gasteiger charge is 1.99. The van der Waals surface area contributed by atoms with Crippen molar-refractivity contribution < 1.29 is 0 Å². The first kappa shape index (κ1) is 11.2. The average Bonchev–Trinajstić information content (AvgIpc) is 2.16. The summed E-state index contributed by atoms with van der Waals surface area (Å²) in [6.45, 7) is 1.50. The van der Waals surface area contributed by atoms with Gasteiger partial charge in [-0.3, -0.25) is 4.98 Å². The number of aromatic nitrogens is 2. The topological polar surface area (TPSA) is 84.8 Å². The lowest BCUT2D eigenvalue weighted by Gasteiger charge is -2.10. The Kier molecular flexibility index (Phi) is 3.83. The molecule has 15 heavy (non-hydrogen) atoms. The van der Waals surface area contributed by atoms with Crippen molar-refractivity contribution in [3.63, 3.8) is 0 Å². The smallest absolute Gasteiger partial charge is 0.347 e. The Hall–Kier alpha value is -1.87. The number of nitriles is 1. The Morgan fingerprint density at radius 2 is 2.40 bits per heavy atom. The molecule has 0 spiro atoms. The van der Waals surface area contributed by atoms with Crippen molar-refractivity contribution in [1.29, 1.82) is 5.26 Å². The maximum absolute atomic E-state index is 11.0. The SMILES string of the molecule is CN(C)CCNc1cc(C#N)[nH]c(=O)n1. The fraction of sp³-hybridized carbons (Fsp3) is 0.444. The number of hydrogen-bond acceptors (Lipinski definition) is 5. The van der Waals surface area contributed by atoms with Gasteiger partial charge in [-0.05, 0) is 14.1 Å². The molecule has 0 saturated heterocycles. The van der Waals surface area contributed by atoms with Crippen LogP contribution in [0.4, 0.5) is 5.82 Å². The lowest BCUT2D eigenvalue weighted by molar-refractivity contribution is 0.425. The van der Waals surface area contributed by atoms with Gasteiger partial charge in [-0.15, -0.1) is 0 Å². The molecule has 1 aromatic rings. The fourth-order valence-corrected chi connectivity index (χ4v) is 1.02. The molecule has 6 heteroatoms. The Labute approximate surface area is 87.6 Å². The number of likely N-dealkylation sites (N-methyl/N-ethyl adjacent to an activating group) is 1. The van der Waals surface area contributed by atoms with E-state index in [1.807, 2.05) is 25.1 Å². The van der Waals surface area contributed by atoms with Gasteiger partial charge in [-0.1, -0.05) is 0 Å². The van der Waals surface area contributed by atoms with Crippen LogP contribution in [0.25, 0.3) is 0 Å². The van der Waals surface area contributed by atoms with Crippen molar-refractivity contribution in [2.45, 2.75) is 0 Å². The van der Waals surface area contributed by atoms with Gasteiger partial charge in [0.2, 0.25) is 0 Å². The van der Waals surface area contributed by atoms with Gasteiger partial charge >= 0.3 is 5.69 Å². The number of nitrogens with one attached hydrogen (secondary N) is 2. The summed E-state index contributed by atoms with van der Waals surface area (Å²) in [6.07, 6.45) is 0. The van der Waals surface area contributed by atoms with Gasteiger partial charge in [-0.2, -0.15) is 10.2 Å². The molecule has 1 rings (SSSR count). The zero-order valence-corrected chi connectivity index (χ0v) is 8.74. The van der Waals surface area contributed by atoms with Crippen molar-refractivity contribution >= 4 is 5.82 Å². The van der Waals surface area contributed by atoms with E-state index in [9.17, 15) is 4.79 Å². The molecule has 0 amide bonds. The summed E-state index contributed by atoms with van der Waals surface area (Å²) < 4.78 is 0. The van der Waals surface area contributed by atoms with Crippen LogP contribution in [0.1, 0.15) is 5.69 Å². The molecule has 6 nitrogen and oxygen atoms in total. The number of hydrogen-bond donors (Lipinski definition) is 2. The van der Waals surface area contributed by atoms with E-state index in [0.29, 0.717) is 12.4 Å². The van der Waals surface area contributed by atoms with Crippen LogP contribution >= 0.6 is 0 Å². The molecular formula is C9H13N5O. The van der Waals surface area contributed by atoms with Crippen LogP contribution in [0.3, 0.4) is 0 Å². The van der Waals surface area contributed by atoms with E-state index >= 15 is 0 Å². The van der Waals surface area contributed by atoms with Crippen molar-refractivity contribution in [3.8, 4) is 6.07 Å². The lowest BCUT2D eigenvalue weighted by atomic mass is 10.4. The van der Waals surface area contributed by atoms with Crippen LogP contribution in [0.2, 0.25) is 0 Å². The van der Waals surface area contributed by atoms with Crippen LogP contribution in [0.15, 0.2) is 10.9 Å². The van der Waals surface area contributed by atoms with Crippen molar-refractivity contribution in [2.75, 3.05) is 32.5 Å². The molecule has 0 bridgehead atoms. The molecule has 0 aliphatic carbocycles. The molecule has 0 aliphatic heterocycles. The second-order valence-corrected chi connectivity index (χ2v) is 3.33. The van der Waals surface area contributed by atoms with Crippen molar-refractivity contribution in [2.24, 2.45) is 0 Å². The minimum absolute atomic E-state index is 0.211. The second kappa shape index (κ2) is 5.12. The first-order valence-electron chi connectivity index (χ1n) is 4.52. The summed E-state index contributed by atoms with van der Waals surface area (Å²) in [6, 6.07) is 3.37. The van der Waals surface area contributed by atoms with E-state index in [4.69, 9.17) is 5.26 Å². The van der Waals surface area contributed by atoms with Crippen LogP contribution in [-0.2, 0) is 0 Å².